The summed E-state index contributed by atoms with van der Waals surface area (Å²) < 4.78 is 0. The minimum atomic E-state index is 0.540. The number of hydrogen-bond acceptors (Lipinski definition) is 2. The van der Waals surface area contributed by atoms with Crippen LogP contribution in [0.5, 0.6) is 0 Å². The second kappa shape index (κ2) is 7.26. The second-order valence-corrected chi connectivity index (χ2v) is 7.97. The molecule has 3 atom stereocenters. The lowest BCUT2D eigenvalue weighted by atomic mass is 9.72. The molecule has 2 rings (SSSR count). The molecule has 0 radical (unpaired) electrons. The van der Waals surface area contributed by atoms with Gasteiger partial charge in [-0.05, 0) is 62.9 Å². The van der Waals surface area contributed by atoms with Crippen molar-refractivity contribution in [3.8, 4) is 0 Å². The zero-order valence-electron chi connectivity index (χ0n) is 14.3. The van der Waals surface area contributed by atoms with Gasteiger partial charge in [-0.3, -0.25) is 4.90 Å². The van der Waals surface area contributed by atoms with Crippen LogP contribution in [0.4, 0.5) is 0 Å². The SMILES string of the molecule is CCCNC1CCC(C)(C)CC1N1CCC(CCC)C1. The van der Waals surface area contributed by atoms with E-state index in [0.29, 0.717) is 5.41 Å². The van der Waals surface area contributed by atoms with Crippen LogP contribution in [0.1, 0.15) is 72.6 Å². The Morgan fingerprint density at radius 1 is 1.15 bits per heavy atom. The van der Waals surface area contributed by atoms with Crippen molar-refractivity contribution in [2.45, 2.75) is 84.7 Å². The lowest BCUT2D eigenvalue weighted by Gasteiger charge is -2.45. The van der Waals surface area contributed by atoms with Crippen molar-refractivity contribution in [2.75, 3.05) is 19.6 Å². The molecule has 0 spiro atoms. The van der Waals surface area contributed by atoms with Gasteiger partial charge in [0.2, 0.25) is 0 Å². The van der Waals surface area contributed by atoms with E-state index >= 15 is 0 Å². The fraction of sp³-hybridized carbons (Fsp3) is 1.00. The molecule has 2 fully saturated rings. The quantitative estimate of drug-likeness (QED) is 0.789. The summed E-state index contributed by atoms with van der Waals surface area (Å²) in [6.07, 6.45) is 9.61. The van der Waals surface area contributed by atoms with Crippen molar-refractivity contribution >= 4 is 0 Å². The van der Waals surface area contributed by atoms with Crippen LogP contribution in [0.3, 0.4) is 0 Å². The van der Waals surface area contributed by atoms with E-state index in [4.69, 9.17) is 0 Å². The third-order valence-corrected chi connectivity index (χ3v) is 5.50. The van der Waals surface area contributed by atoms with Crippen LogP contribution < -0.4 is 5.32 Å². The first-order valence-corrected chi connectivity index (χ1v) is 9.03. The predicted octanol–water partition coefficient (Wildman–Crippen LogP) is 4.06. The lowest BCUT2D eigenvalue weighted by Crippen LogP contribution is -2.54. The molecular formula is C18H36N2. The highest BCUT2D eigenvalue weighted by molar-refractivity contribution is 4.96. The van der Waals surface area contributed by atoms with Gasteiger partial charge < -0.3 is 5.32 Å². The zero-order chi connectivity index (χ0) is 14.6. The van der Waals surface area contributed by atoms with Gasteiger partial charge in [-0.25, -0.2) is 0 Å². The molecule has 1 heterocycles. The van der Waals surface area contributed by atoms with Crippen LogP contribution in [0.15, 0.2) is 0 Å². The van der Waals surface area contributed by atoms with Gasteiger partial charge in [0.05, 0.1) is 0 Å². The van der Waals surface area contributed by atoms with Gasteiger partial charge in [-0.2, -0.15) is 0 Å². The Morgan fingerprint density at radius 2 is 1.95 bits per heavy atom. The maximum absolute atomic E-state index is 3.84. The molecule has 1 saturated heterocycles. The highest BCUT2D eigenvalue weighted by Crippen LogP contribution is 2.39. The second-order valence-electron chi connectivity index (χ2n) is 7.97. The molecule has 0 aromatic carbocycles. The Morgan fingerprint density at radius 3 is 2.65 bits per heavy atom. The van der Waals surface area contributed by atoms with E-state index in [1.54, 1.807) is 0 Å². The van der Waals surface area contributed by atoms with Gasteiger partial charge in [-0.1, -0.05) is 34.1 Å². The van der Waals surface area contributed by atoms with Gasteiger partial charge in [0.1, 0.15) is 0 Å². The number of nitrogens with one attached hydrogen (secondary N) is 1. The Labute approximate surface area is 126 Å². The normalized spacial score (nSPS) is 34.5. The van der Waals surface area contributed by atoms with Gasteiger partial charge in [0, 0.05) is 18.6 Å². The maximum atomic E-state index is 3.84. The highest BCUT2D eigenvalue weighted by Gasteiger charge is 2.39. The van der Waals surface area contributed by atoms with Gasteiger partial charge >= 0.3 is 0 Å². The zero-order valence-corrected chi connectivity index (χ0v) is 14.3. The molecule has 2 nitrogen and oxygen atoms in total. The summed E-state index contributed by atoms with van der Waals surface area (Å²) in [5.74, 6) is 0.969. The van der Waals surface area contributed by atoms with E-state index in [1.165, 1.54) is 64.6 Å². The summed E-state index contributed by atoms with van der Waals surface area (Å²) in [5, 5.41) is 3.84. The summed E-state index contributed by atoms with van der Waals surface area (Å²) in [7, 11) is 0. The monoisotopic (exact) mass is 280 g/mol. The molecule has 20 heavy (non-hydrogen) atoms. The van der Waals surface area contributed by atoms with Gasteiger partial charge in [0.15, 0.2) is 0 Å². The third kappa shape index (κ3) is 4.21. The van der Waals surface area contributed by atoms with Crippen molar-refractivity contribution in [3.63, 3.8) is 0 Å². The Hall–Kier alpha value is -0.0800. The van der Waals surface area contributed by atoms with E-state index in [2.05, 4.69) is 37.9 Å². The van der Waals surface area contributed by atoms with Crippen LogP contribution in [0.25, 0.3) is 0 Å². The number of likely N-dealkylation sites (tertiary alicyclic amines) is 1. The van der Waals surface area contributed by atoms with E-state index < -0.39 is 0 Å². The molecule has 2 heteroatoms. The molecule has 2 aliphatic rings. The van der Waals surface area contributed by atoms with E-state index in [1.807, 2.05) is 0 Å². The first kappa shape index (κ1) is 16.3. The molecule has 0 bridgehead atoms. The molecule has 1 N–H and O–H groups in total. The minimum absolute atomic E-state index is 0.540. The fourth-order valence-electron chi connectivity index (χ4n) is 4.31. The Balaban J connectivity index is 1.96. The molecule has 0 aromatic rings. The number of hydrogen-bond donors (Lipinski definition) is 1. The van der Waals surface area contributed by atoms with E-state index in [9.17, 15) is 0 Å². The van der Waals surface area contributed by atoms with Crippen LogP contribution in [-0.2, 0) is 0 Å². The summed E-state index contributed by atoms with van der Waals surface area (Å²) in [6.45, 7) is 13.4. The topological polar surface area (TPSA) is 15.3 Å². The van der Waals surface area contributed by atoms with E-state index in [-0.39, 0.29) is 0 Å². The highest BCUT2D eigenvalue weighted by atomic mass is 15.2. The number of nitrogens with zero attached hydrogens (tertiary/aromatic N) is 1. The van der Waals surface area contributed by atoms with Crippen molar-refractivity contribution in [1.29, 1.82) is 0 Å². The first-order valence-electron chi connectivity index (χ1n) is 9.03. The van der Waals surface area contributed by atoms with Crippen molar-refractivity contribution in [1.82, 2.24) is 10.2 Å². The smallest absolute Gasteiger partial charge is 0.0254 e. The van der Waals surface area contributed by atoms with Crippen molar-refractivity contribution in [2.24, 2.45) is 11.3 Å². The molecule has 118 valence electrons. The van der Waals surface area contributed by atoms with Crippen LogP contribution in [-0.4, -0.2) is 36.6 Å². The summed E-state index contributed by atoms with van der Waals surface area (Å²) >= 11 is 0. The average molecular weight is 280 g/mol. The van der Waals surface area contributed by atoms with Gasteiger partial charge in [0.25, 0.3) is 0 Å². The minimum Gasteiger partial charge on any atom is -0.312 e. The maximum Gasteiger partial charge on any atom is 0.0254 e. The molecule has 3 unspecified atom stereocenters. The van der Waals surface area contributed by atoms with Crippen molar-refractivity contribution < 1.29 is 0 Å². The molecule has 1 saturated carbocycles. The summed E-state index contributed by atoms with van der Waals surface area (Å²) in [6, 6.07) is 1.52. The van der Waals surface area contributed by atoms with Gasteiger partial charge in [-0.15, -0.1) is 0 Å². The van der Waals surface area contributed by atoms with Crippen LogP contribution >= 0.6 is 0 Å². The molecule has 1 aliphatic carbocycles. The number of rotatable bonds is 6. The Kier molecular flexibility index (Phi) is 5.92. The first-order chi connectivity index (χ1) is 9.55. The fourth-order valence-corrected chi connectivity index (χ4v) is 4.31. The predicted molar refractivity (Wildman–Crippen MR) is 88.1 cm³/mol. The molecule has 1 aliphatic heterocycles. The third-order valence-electron chi connectivity index (χ3n) is 5.50. The summed E-state index contributed by atoms with van der Waals surface area (Å²) in [5.41, 5.74) is 0.540. The Bertz CT molecular complexity index is 287. The average Bonchev–Trinajstić information content (AvgIpc) is 2.85. The largest absolute Gasteiger partial charge is 0.312 e. The summed E-state index contributed by atoms with van der Waals surface area (Å²) in [4.78, 5) is 2.83. The lowest BCUT2D eigenvalue weighted by molar-refractivity contribution is 0.0780. The van der Waals surface area contributed by atoms with Crippen LogP contribution in [0, 0.1) is 11.3 Å². The van der Waals surface area contributed by atoms with Crippen molar-refractivity contribution in [3.05, 3.63) is 0 Å². The molecule has 0 amide bonds. The molecule has 0 aromatic heterocycles. The standard InChI is InChI=1S/C18H36N2/c1-5-7-15-9-12-20(14-15)17-13-18(3,4)10-8-16(17)19-11-6-2/h15-17,19H,5-14H2,1-4H3. The van der Waals surface area contributed by atoms with Crippen LogP contribution in [0.2, 0.25) is 0 Å². The molecular weight excluding hydrogens is 244 g/mol. The van der Waals surface area contributed by atoms with E-state index in [0.717, 1.165) is 18.0 Å².